The number of rotatable bonds is 6. The average molecular weight is 530 g/mol. The van der Waals surface area contributed by atoms with Crippen molar-refractivity contribution in [3.8, 4) is 0 Å². The van der Waals surface area contributed by atoms with E-state index in [4.69, 9.17) is 9.47 Å². The molecule has 10 heteroatoms. The number of hydrogen-bond acceptors (Lipinski definition) is 4. The number of piperidine rings is 1. The molecule has 2 heterocycles. The Hall–Kier alpha value is -2.59. The first-order valence-corrected chi connectivity index (χ1v) is 12.1. The Morgan fingerprint density at radius 2 is 1.46 bits per heavy atom. The monoisotopic (exact) mass is 529 g/mol. The molecule has 0 radical (unpaired) electrons. The minimum Gasteiger partial charge on any atom is -0.458 e. The summed E-state index contributed by atoms with van der Waals surface area (Å²) < 4.78 is 92.3. The van der Waals surface area contributed by atoms with Crippen LogP contribution in [0.2, 0.25) is 0 Å². The fraction of sp³-hybridized carbons (Fsp3) is 0.519. The van der Waals surface area contributed by atoms with Crippen LogP contribution in [-0.4, -0.2) is 31.3 Å². The van der Waals surface area contributed by atoms with Crippen molar-refractivity contribution in [2.45, 2.75) is 57.2 Å². The predicted octanol–water partition coefficient (Wildman–Crippen LogP) is 6.54. The third kappa shape index (κ3) is 5.65. The molecule has 2 saturated heterocycles. The predicted molar refractivity (Wildman–Crippen MR) is 123 cm³/mol. The molecule has 0 aliphatic carbocycles. The van der Waals surface area contributed by atoms with Crippen molar-refractivity contribution in [3.63, 3.8) is 0 Å². The number of ether oxygens (including phenoxy) is 2. The van der Waals surface area contributed by atoms with E-state index in [0.717, 1.165) is 24.3 Å². The molecule has 2 aliphatic heterocycles. The van der Waals surface area contributed by atoms with Crippen LogP contribution < -0.4 is 5.32 Å². The Morgan fingerprint density at radius 1 is 0.946 bits per heavy atom. The lowest BCUT2D eigenvalue weighted by molar-refractivity contribution is -0.155. The van der Waals surface area contributed by atoms with E-state index in [-0.39, 0.29) is 29.6 Å². The topological polar surface area (TPSA) is 47.6 Å². The Kier molecular flexibility index (Phi) is 7.38. The van der Waals surface area contributed by atoms with Crippen LogP contribution in [0.3, 0.4) is 0 Å². The standard InChI is InChI=1S/C27H29F6NO3/c1-24(2)21(25(37-23(24)35)10-12-34-13-11-25)9-14-36-22(17-5-3-7-19(15-17)26(28,29)30)18-6-4-8-20(16-18)27(31,32)33/h3-8,15-16,21-22,34H,9-14H2,1-2H3. The van der Waals surface area contributed by atoms with E-state index in [2.05, 4.69) is 5.32 Å². The molecule has 1 atom stereocenters. The largest absolute Gasteiger partial charge is 0.458 e. The van der Waals surface area contributed by atoms with Crippen molar-refractivity contribution in [2.24, 2.45) is 11.3 Å². The Bertz CT molecular complexity index is 1060. The molecule has 4 rings (SSSR count). The molecule has 37 heavy (non-hydrogen) atoms. The molecule has 202 valence electrons. The lowest BCUT2D eigenvalue weighted by Crippen LogP contribution is -2.48. The van der Waals surface area contributed by atoms with Crippen molar-refractivity contribution in [1.29, 1.82) is 0 Å². The van der Waals surface area contributed by atoms with Crippen LogP contribution in [0.1, 0.15) is 61.5 Å². The summed E-state index contributed by atoms with van der Waals surface area (Å²) in [7, 11) is 0. The second-order valence-electron chi connectivity index (χ2n) is 10.3. The quantitative estimate of drug-likeness (QED) is 0.341. The summed E-state index contributed by atoms with van der Waals surface area (Å²) in [5, 5.41) is 3.24. The lowest BCUT2D eigenvalue weighted by atomic mass is 9.67. The van der Waals surface area contributed by atoms with Gasteiger partial charge in [-0.3, -0.25) is 4.79 Å². The normalized spacial score (nSPS) is 21.4. The summed E-state index contributed by atoms with van der Waals surface area (Å²) in [6, 6.07) is 8.81. The number of carbonyl (C=O) groups excluding carboxylic acids is 1. The van der Waals surface area contributed by atoms with Crippen molar-refractivity contribution >= 4 is 5.97 Å². The second kappa shape index (κ2) is 9.94. The minimum atomic E-state index is -4.62. The van der Waals surface area contributed by atoms with Crippen LogP contribution in [-0.2, 0) is 26.6 Å². The first kappa shape index (κ1) is 27.4. The minimum absolute atomic E-state index is 0.0110. The molecule has 2 fully saturated rings. The number of alkyl halides is 6. The van der Waals surface area contributed by atoms with E-state index in [1.54, 1.807) is 13.8 Å². The summed E-state index contributed by atoms with van der Waals surface area (Å²) in [5.41, 5.74) is -3.14. The van der Waals surface area contributed by atoms with Gasteiger partial charge in [0.15, 0.2) is 0 Å². The van der Waals surface area contributed by atoms with Gasteiger partial charge in [-0.15, -0.1) is 0 Å². The van der Waals surface area contributed by atoms with Crippen molar-refractivity contribution in [2.75, 3.05) is 19.7 Å². The summed E-state index contributed by atoms with van der Waals surface area (Å²) >= 11 is 0. The molecule has 2 aromatic carbocycles. The zero-order valence-electron chi connectivity index (χ0n) is 20.5. The third-order valence-corrected chi connectivity index (χ3v) is 7.50. The summed E-state index contributed by atoms with van der Waals surface area (Å²) in [6.07, 6.45) is -8.82. The molecule has 1 N–H and O–H groups in total. The summed E-state index contributed by atoms with van der Waals surface area (Å²) in [4.78, 5) is 12.7. The molecule has 0 saturated carbocycles. The Balaban J connectivity index is 1.63. The maximum Gasteiger partial charge on any atom is 0.416 e. The molecular weight excluding hydrogens is 500 g/mol. The van der Waals surface area contributed by atoms with Gasteiger partial charge in [-0.05, 0) is 68.8 Å². The highest BCUT2D eigenvalue weighted by molar-refractivity contribution is 5.79. The SMILES string of the molecule is CC1(C)C(=O)OC2(CCNCC2)C1CCOC(c1cccc(C(F)(F)F)c1)c1cccc(C(F)(F)F)c1. The van der Waals surface area contributed by atoms with Crippen molar-refractivity contribution < 1.29 is 40.6 Å². The highest BCUT2D eigenvalue weighted by Gasteiger charge is 2.59. The van der Waals surface area contributed by atoms with Gasteiger partial charge in [-0.2, -0.15) is 26.3 Å². The van der Waals surface area contributed by atoms with Gasteiger partial charge < -0.3 is 14.8 Å². The molecule has 2 aromatic rings. The lowest BCUT2D eigenvalue weighted by Gasteiger charge is -2.39. The van der Waals surface area contributed by atoms with Crippen LogP contribution in [0.5, 0.6) is 0 Å². The van der Waals surface area contributed by atoms with E-state index in [1.165, 1.54) is 24.3 Å². The highest BCUT2D eigenvalue weighted by atomic mass is 19.4. The van der Waals surface area contributed by atoms with E-state index >= 15 is 0 Å². The van der Waals surface area contributed by atoms with Gasteiger partial charge in [0.1, 0.15) is 11.7 Å². The Morgan fingerprint density at radius 3 is 1.95 bits per heavy atom. The molecule has 1 unspecified atom stereocenters. The van der Waals surface area contributed by atoms with Crippen LogP contribution in [0.4, 0.5) is 26.3 Å². The molecule has 4 nitrogen and oxygen atoms in total. The Labute approximate surface area is 211 Å². The van der Waals surface area contributed by atoms with Crippen molar-refractivity contribution in [1.82, 2.24) is 5.32 Å². The molecule has 1 spiro atoms. The zero-order valence-corrected chi connectivity index (χ0v) is 20.5. The number of esters is 1. The van der Waals surface area contributed by atoms with E-state index < -0.39 is 40.6 Å². The van der Waals surface area contributed by atoms with Crippen LogP contribution in [0.15, 0.2) is 48.5 Å². The molecule has 2 aliphatic rings. The van der Waals surface area contributed by atoms with Gasteiger partial charge in [-0.1, -0.05) is 24.3 Å². The number of benzene rings is 2. The van der Waals surface area contributed by atoms with Crippen molar-refractivity contribution in [3.05, 3.63) is 70.8 Å². The third-order valence-electron chi connectivity index (χ3n) is 7.50. The van der Waals surface area contributed by atoms with Crippen LogP contribution >= 0.6 is 0 Å². The van der Waals surface area contributed by atoms with Gasteiger partial charge in [0.2, 0.25) is 0 Å². The van der Waals surface area contributed by atoms with E-state index in [9.17, 15) is 31.1 Å². The maximum atomic E-state index is 13.4. The van der Waals surface area contributed by atoms with Gasteiger partial charge in [0.05, 0.1) is 16.5 Å². The van der Waals surface area contributed by atoms with Gasteiger partial charge >= 0.3 is 18.3 Å². The maximum absolute atomic E-state index is 13.4. The summed E-state index contributed by atoms with van der Waals surface area (Å²) in [5.74, 6) is -0.537. The molecular formula is C27H29F6NO3. The fourth-order valence-corrected chi connectivity index (χ4v) is 5.56. The number of hydrogen-bond donors (Lipinski definition) is 1. The van der Waals surface area contributed by atoms with Gasteiger partial charge in [-0.25, -0.2) is 0 Å². The first-order chi connectivity index (χ1) is 17.2. The average Bonchev–Trinajstić information content (AvgIpc) is 3.00. The zero-order chi connectivity index (χ0) is 27.1. The van der Waals surface area contributed by atoms with Crippen LogP contribution in [0.25, 0.3) is 0 Å². The second-order valence-corrected chi connectivity index (χ2v) is 10.3. The highest BCUT2D eigenvalue weighted by Crippen LogP contribution is 2.51. The van der Waals surface area contributed by atoms with E-state index in [1.807, 2.05) is 0 Å². The molecule has 0 aromatic heterocycles. The number of halogens is 6. The fourth-order valence-electron chi connectivity index (χ4n) is 5.56. The number of carbonyl (C=O) groups is 1. The van der Waals surface area contributed by atoms with Gasteiger partial charge in [0, 0.05) is 25.4 Å². The first-order valence-electron chi connectivity index (χ1n) is 12.1. The molecule has 0 bridgehead atoms. The smallest absolute Gasteiger partial charge is 0.416 e. The van der Waals surface area contributed by atoms with Gasteiger partial charge in [0.25, 0.3) is 0 Å². The van der Waals surface area contributed by atoms with Crippen LogP contribution in [0, 0.1) is 11.3 Å². The van der Waals surface area contributed by atoms with E-state index in [0.29, 0.717) is 32.4 Å². The number of nitrogens with one attached hydrogen (secondary N) is 1. The molecule has 0 amide bonds. The summed E-state index contributed by atoms with van der Waals surface area (Å²) in [6.45, 7) is 4.97.